The molecular weight excluding hydrogens is 386 g/mol. The van der Waals surface area contributed by atoms with E-state index in [0.29, 0.717) is 24.5 Å². The van der Waals surface area contributed by atoms with Crippen LogP contribution < -0.4 is 9.47 Å². The molecule has 0 spiro atoms. The summed E-state index contributed by atoms with van der Waals surface area (Å²) in [4.78, 5) is 15.6. The van der Waals surface area contributed by atoms with Crippen LogP contribution in [-0.2, 0) is 21.2 Å². The minimum atomic E-state index is -3.09. The van der Waals surface area contributed by atoms with Crippen LogP contribution >= 0.6 is 11.3 Å². The number of para-hydroxylation sites is 2. The third-order valence-electron chi connectivity index (χ3n) is 4.67. The van der Waals surface area contributed by atoms with E-state index < -0.39 is 9.84 Å². The van der Waals surface area contributed by atoms with Crippen molar-refractivity contribution in [2.24, 2.45) is 0 Å². The molecule has 1 aromatic carbocycles. The zero-order chi connectivity index (χ0) is 19.4. The maximum Gasteiger partial charge on any atom is 0.261 e. The van der Waals surface area contributed by atoms with Crippen LogP contribution in [0, 0.1) is 6.92 Å². The van der Waals surface area contributed by atoms with Gasteiger partial charge in [0, 0.05) is 10.9 Å². The van der Waals surface area contributed by atoms with Crippen LogP contribution in [0.15, 0.2) is 35.7 Å². The summed E-state index contributed by atoms with van der Waals surface area (Å²) in [6, 6.07) is 8.81. The zero-order valence-corrected chi connectivity index (χ0v) is 17.0. The Labute approximate surface area is 163 Å². The van der Waals surface area contributed by atoms with Crippen molar-refractivity contribution < 1.29 is 22.7 Å². The molecule has 1 atom stereocenters. The van der Waals surface area contributed by atoms with E-state index in [-0.39, 0.29) is 30.1 Å². The van der Waals surface area contributed by atoms with E-state index in [2.05, 4.69) is 0 Å². The lowest BCUT2D eigenvalue weighted by Crippen LogP contribution is -2.43. The van der Waals surface area contributed by atoms with Crippen molar-refractivity contribution >= 4 is 27.1 Å². The SMILES string of the molecule is COc1ccccc1OCC(=O)N(Cc1sccc1C)[C@@H]1CCS(=O)(=O)C1. The number of hydrogen-bond acceptors (Lipinski definition) is 6. The Morgan fingerprint density at radius 3 is 2.59 bits per heavy atom. The molecule has 1 aliphatic rings. The first-order chi connectivity index (χ1) is 12.9. The number of methoxy groups -OCH3 is 1. The van der Waals surface area contributed by atoms with Gasteiger partial charge in [0.25, 0.3) is 5.91 Å². The third kappa shape index (κ3) is 4.81. The summed E-state index contributed by atoms with van der Waals surface area (Å²) >= 11 is 1.57. The number of ether oxygens (including phenoxy) is 2. The van der Waals surface area contributed by atoms with Gasteiger partial charge in [-0.1, -0.05) is 12.1 Å². The lowest BCUT2D eigenvalue weighted by atomic mass is 10.2. The Balaban J connectivity index is 1.75. The van der Waals surface area contributed by atoms with Crippen molar-refractivity contribution in [3.8, 4) is 11.5 Å². The summed E-state index contributed by atoms with van der Waals surface area (Å²) in [7, 11) is -1.55. The quantitative estimate of drug-likeness (QED) is 0.703. The molecule has 0 saturated carbocycles. The highest BCUT2D eigenvalue weighted by atomic mass is 32.2. The van der Waals surface area contributed by atoms with E-state index in [1.807, 2.05) is 24.4 Å². The zero-order valence-electron chi connectivity index (χ0n) is 15.4. The van der Waals surface area contributed by atoms with Gasteiger partial charge in [0.1, 0.15) is 0 Å². The van der Waals surface area contributed by atoms with E-state index in [4.69, 9.17) is 9.47 Å². The molecule has 1 fully saturated rings. The molecule has 6 nitrogen and oxygen atoms in total. The van der Waals surface area contributed by atoms with E-state index in [1.165, 1.54) is 0 Å². The van der Waals surface area contributed by atoms with E-state index in [9.17, 15) is 13.2 Å². The summed E-state index contributed by atoms with van der Waals surface area (Å²) in [5.41, 5.74) is 1.10. The third-order valence-corrected chi connectivity index (χ3v) is 7.43. The molecule has 2 heterocycles. The molecule has 0 N–H and O–H groups in total. The number of benzene rings is 1. The van der Waals surface area contributed by atoms with Crippen LogP contribution in [0.2, 0.25) is 0 Å². The number of nitrogens with zero attached hydrogens (tertiary/aromatic N) is 1. The Hall–Kier alpha value is -2.06. The van der Waals surface area contributed by atoms with E-state index >= 15 is 0 Å². The summed E-state index contributed by atoms with van der Waals surface area (Å²) in [5.74, 6) is 0.945. The number of sulfone groups is 1. The van der Waals surface area contributed by atoms with Crippen LogP contribution in [0.3, 0.4) is 0 Å². The highest BCUT2D eigenvalue weighted by Crippen LogP contribution is 2.27. The molecule has 27 heavy (non-hydrogen) atoms. The first-order valence-corrected chi connectivity index (χ1v) is 11.4. The molecule has 0 unspecified atom stereocenters. The molecule has 146 valence electrons. The van der Waals surface area contributed by atoms with Gasteiger partial charge in [-0.15, -0.1) is 11.3 Å². The lowest BCUT2D eigenvalue weighted by Gasteiger charge is -2.28. The van der Waals surface area contributed by atoms with E-state index in [0.717, 1.165) is 10.4 Å². The molecule has 3 rings (SSSR count). The average molecular weight is 410 g/mol. The number of thiophene rings is 1. The van der Waals surface area contributed by atoms with Gasteiger partial charge in [0.2, 0.25) is 0 Å². The number of carbonyl (C=O) groups excluding carboxylic acids is 1. The topological polar surface area (TPSA) is 72.9 Å². The molecule has 1 amide bonds. The van der Waals surface area contributed by atoms with Gasteiger partial charge >= 0.3 is 0 Å². The largest absolute Gasteiger partial charge is 0.493 e. The number of aryl methyl sites for hydroxylation is 1. The van der Waals surface area contributed by atoms with Crippen LogP contribution in [-0.4, -0.2) is 50.5 Å². The summed E-state index contributed by atoms with van der Waals surface area (Å²) in [6.07, 6.45) is 0.465. The first kappa shape index (κ1) is 19.7. The van der Waals surface area contributed by atoms with Crippen molar-refractivity contribution in [1.29, 1.82) is 0 Å². The normalized spacial score (nSPS) is 18.2. The second-order valence-corrected chi connectivity index (χ2v) is 9.77. The molecule has 0 bridgehead atoms. The van der Waals surface area contributed by atoms with Crippen molar-refractivity contribution in [3.05, 3.63) is 46.2 Å². The van der Waals surface area contributed by atoms with Crippen molar-refractivity contribution in [2.75, 3.05) is 25.2 Å². The highest BCUT2D eigenvalue weighted by Gasteiger charge is 2.35. The highest BCUT2D eigenvalue weighted by molar-refractivity contribution is 7.91. The Morgan fingerprint density at radius 2 is 2.00 bits per heavy atom. The molecular formula is C19H23NO5S2. The minimum absolute atomic E-state index is 0.0117. The number of rotatable bonds is 7. The first-order valence-electron chi connectivity index (χ1n) is 8.68. The fraction of sp³-hybridized carbons (Fsp3) is 0.421. The van der Waals surface area contributed by atoms with Crippen molar-refractivity contribution in [3.63, 3.8) is 0 Å². The maximum absolute atomic E-state index is 12.9. The number of carbonyl (C=O) groups is 1. The van der Waals surface area contributed by atoms with Gasteiger partial charge < -0.3 is 14.4 Å². The monoisotopic (exact) mass is 409 g/mol. The molecule has 0 aliphatic carbocycles. The van der Waals surface area contributed by atoms with Crippen molar-refractivity contribution in [1.82, 2.24) is 4.90 Å². The smallest absolute Gasteiger partial charge is 0.261 e. The molecule has 1 aliphatic heterocycles. The standard InChI is InChI=1S/C19H23NO5S2/c1-14-7-9-26-18(14)11-20(15-8-10-27(22,23)13-15)19(21)12-25-17-6-4-3-5-16(17)24-2/h3-7,9,15H,8,10-13H2,1-2H3/t15-/m1/s1. The van der Waals surface area contributed by atoms with Crippen LogP contribution in [0.25, 0.3) is 0 Å². The van der Waals surface area contributed by atoms with Crippen molar-refractivity contribution in [2.45, 2.75) is 25.9 Å². The summed E-state index contributed by atoms with van der Waals surface area (Å²) < 4.78 is 34.7. The Morgan fingerprint density at radius 1 is 1.26 bits per heavy atom. The Kier molecular flexibility index (Phi) is 6.06. The molecule has 2 aromatic rings. The fourth-order valence-electron chi connectivity index (χ4n) is 3.12. The lowest BCUT2D eigenvalue weighted by molar-refractivity contribution is -0.135. The van der Waals surface area contributed by atoms with Gasteiger partial charge in [0.15, 0.2) is 27.9 Å². The second-order valence-electron chi connectivity index (χ2n) is 6.54. The Bertz CT molecular complexity index is 906. The predicted molar refractivity (Wildman–Crippen MR) is 105 cm³/mol. The predicted octanol–water partition coefficient (Wildman–Crippen LogP) is 2.66. The summed E-state index contributed by atoms with van der Waals surface area (Å²) in [5, 5.41) is 1.98. The van der Waals surface area contributed by atoms with Crippen LogP contribution in [0.4, 0.5) is 0 Å². The van der Waals surface area contributed by atoms with Gasteiger partial charge in [-0.3, -0.25) is 4.79 Å². The fourth-order valence-corrected chi connectivity index (χ4v) is 5.76. The molecule has 8 heteroatoms. The molecule has 1 saturated heterocycles. The molecule has 0 radical (unpaired) electrons. The second kappa shape index (κ2) is 8.31. The average Bonchev–Trinajstić information content (AvgIpc) is 3.22. The van der Waals surface area contributed by atoms with Crippen LogP contribution in [0.5, 0.6) is 11.5 Å². The summed E-state index contributed by atoms with van der Waals surface area (Å²) in [6.45, 7) is 2.23. The van der Waals surface area contributed by atoms with E-state index in [1.54, 1.807) is 41.5 Å². The van der Waals surface area contributed by atoms with Gasteiger partial charge in [-0.25, -0.2) is 8.42 Å². The van der Waals surface area contributed by atoms with Gasteiger partial charge in [-0.2, -0.15) is 0 Å². The number of hydrogen-bond donors (Lipinski definition) is 0. The number of amides is 1. The molecule has 1 aromatic heterocycles. The van der Waals surface area contributed by atoms with Gasteiger partial charge in [0.05, 0.1) is 25.2 Å². The van der Waals surface area contributed by atoms with Crippen LogP contribution in [0.1, 0.15) is 16.9 Å². The minimum Gasteiger partial charge on any atom is -0.493 e. The maximum atomic E-state index is 12.9. The van der Waals surface area contributed by atoms with Gasteiger partial charge in [-0.05, 0) is 42.5 Å².